The molecule has 0 atom stereocenters. The van der Waals surface area contributed by atoms with Gasteiger partial charge in [-0.2, -0.15) is 0 Å². The van der Waals surface area contributed by atoms with Crippen LogP contribution in [0.5, 0.6) is 11.5 Å². The molecule has 0 saturated heterocycles. The number of benzene rings is 2. The highest BCUT2D eigenvalue weighted by atomic mass is 32.2. The Bertz CT molecular complexity index is 2550. The number of hydrogen-bond donors (Lipinski definition) is 3. The minimum atomic E-state index is -5.31. The van der Waals surface area contributed by atoms with E-state index < -0.39 is 36.4 Å². The second kappa shape index (κ2) is 14.0. The number of carbonyl (C=O) groups excluding carboxylic acids is 1. The number of ether oxygens (including phenoxy) is 1. The zero-order valence-electron chi connectivity index (χ0n) is 31.4. The maximum atomic E-state index is 13.5. The normalized spacial score (nSPS) is 17.8. The number of nitrogens with two attached hydrogens (primary N) is 1. The Morgan fingerprint density at radius 3 is 2.53 bits per heavy atom. The van der Waals surface area contributed by atoms with Gasteiger partial charge in [0, 0.05) is 67.7 Å². The van der Waals surface area contributed by atoms with E-state index in [1.807, 2.05) is 4.57 Å². The number of anilines is 1. The van der Waals surface area contributed by atoms with E-state index in [-0.39, 0.29) is 46.2 Å². The van der Waals surface area contributed by atoms with Crippen molar-refractivity contribution in [2.45, 2.75) is 89.2 Å². The molecule has 2 aromatic carbocycles. The molecule has 4 N–H and O–H groups in total. The number of rotatable bonds is 12. The van der Waals surface area contributed by atoms with Crippen LogP contribution in [-0.4, -0.2) is 77.9 Å². The summed E-state index contributed by atoms with van der Waals surface area (Å²) in [4.78, 5) is 20.4. The van der Waals surface area contributed by atoms with Crippen molar-refractivity contribution in [3.63, 3.8) is 0 Å². The molecule has 1 aromatic heterocycles. The van der Waals surface area contributed by atoms with Crippen LogP contribution in [0.15, 0.2) is 41.6 Å². The Labute approximate surface area is 320 Å². The Morgan fingerprint density at radius 1 is 1.07 bits per heavy atom. The first kappa shape index (κ1) is 38.9. The predicted octanol–water partition coefficient (Wildman–Crippen LogP) is 2.08. The van der Waals surface area contributed by atoms with Crippen LogP contribution in [-0.2, 0) is 42.8 Å². The van der Waals surface area contributed by atoms with Crippen molar-refractivity contribution >= 4 is 48.6 Å². The Balaban J connectivity index is 1.54. The minimum Gasteiger partial charge on any atom is -0.748 e. The number of aryl methyl sites for hydroxylation is 1. The smallest absolute Gasteiger partial charge is 0.248 e. The van der Waals surface area contributed by atoms with Gasteiger partial charge >= 0.3 is 0 Å². The van der Waals surface area contributed by atoms with E-state index in [1.54, 1.807) is 38.4 Å². The lowest BCUT2D eigenvalue weighted by Crippen LogP contribution is -2.53. The third kappa shape index (κ3) is 7.24. The first-order valence-electron chi connectivity index (χ1n) is 18.3. The van der Waals surface area contributed by atoms with Gasteiger partial charge in [-0.1, -0.05) is 13.0 Å². The van der Waals surface area contributed by atoms with Crippen LogP contribution >= 0.6 is 0 Å². The number of aromatic nitrogens is 2. The highest BCUT2D eigenvalue weighted by molar-refractivity contribution is 7.86. The van der Waals surface area contributed by atoms with E-state index >= 15 is 0 Å². The summed E-state index contributed by atoms with van der Waals surface area (Å²) in [7, 11) is -10.1. The molecule has 15 nitrogen and oxygen atoms in total. The summed E-state index contributed by atoms with van der Waals surface area (Å²) in [6.45, 7) is 11.2. The highest BCUT2D eigenvalue weighted by Gasteiger charge is 2.41. The van der Waals surface area contributed by atoms with Crippen molar-refractivity contribution < 1.29 is 40.3 Å². The number of allylic oxidation sites excluding steroid dienone is 1. The van der Waals surface area contributed by atoms with Gasteiger partial charge in [-0.25, -0.2) is 32.3 Å². The molecule has 17 heteroatoms. The summed E-state index contributed by atoms with van der Waals surface area (Å²) in [5.41, 5.74) is 2.45. The maximum absolute atomic E-state index is 13.5. The van der Waals surface area contributed by atoms with Crippen LogP contribution in [0.1, 0.15) is 88.4 Å². The first-order valence-corrected chi connectivity index (χ1v) is 21.3. The number of carbonyl (C=O) groups is 1. The number of hydrogen-bond acceptors (Lipinski definition) is 12. The van der Waals surface area contributed by atoms with Crippen molar-refractivity contribution in [2.24, 2.45) is 5.90 Å². The molecule has 294 valence electrons. The van der Waals surface area contributed by atoms with Gasteiger partial charge in [0.25, 0.3) is 0 Å². The molecule has 3 aromatic rings. The molecular formula is C38H45N6O9S2-. The molecule has 0 bridgehead atoms. The van der Waals surface area contributed by atoms with Crippen LogP contribution < -0.4 is 36.4 Å². The van der Waals surface area contributed by atoms with Crippen LogP contribution in [0.3, 0.4) is 0 Å². The van der Waals surface area contributed by atoms with Gasteiger partial charge in [0.1, 0.15) is 39.7 Å². The van der Waals surface area contributed by atoms with Gasteiger partial charge in [-0.3, -0.25) is 9.63 Å². The molecule has 0 unspecified atom stereocenters. The highest BCUT2D eigenvalue weighted by Crippen LogP contribution is 2.50. The van der Waals surface area contributed by atoms with Gasteiger partial charge in [0.15, 0.2) is 11.3 Å². The molecule has 55 heavy (non-hydrogen) atoms. The summed E-state index contributed by atoms with van der Waals surface area (Å²) in [5.74, 6) is 4.44. The van der Waals surface area contributed by atoms with Gasteiger partial charge in [0.05, 0.1) is 38.2 Å². The lowest BCUT2D eigenvalue weighted by Gasteiger charge is -2.37. The standard InChI is InChI=1S/C38H46N6O9S2/c1-6-22-19-38(4,5)44-14-9-10-24-32(44)26(22)17-27-30(36-41-12-15-43(36)13-8-7-11-40-29(45)20-52-39)28-16-25-23(21-54(46,47)48)18-37(2,3)42-31(25)35(55(49,50)51)34(28)53-33(24)27/h12,15-19H,6-11,13-14,20-21,39H2,1-5H3,(H3,40,45,46,47,48,49,50,51)/p-1. The lowest BCUT2D eigenvalue weighted by molar-refractivity contribution is -0.125. The van der Waals surface area contributed by atoms with E-state index in [2.05, 4.69) is 53.0 Å². The van der Waals surface area contributed by atoms with Gasteiger partial charge in [-0.05, 0) is 68.9 Å². The summed E-state index contributed by atoms with van der Waals surface area (Å²) in [6.07, 6.45) is 10.7. The summed E-state index contributed by atoms with van der Waals surface area (Å²) in [6, 6.07) is 3.65. The average molecular weight is 794 g/mol. The van der Waals surface area contributed by atoms with Gasteiger partial charge in [-0.15, -0.1) is 0 Å². The van der Waals surface area contributed by atoms with Crippen LogP contribution in [0, 0.1) is 0 Å². The zero-order valence-corrected chi connectivity index (χ0v) is 33.1. The van der Waals surface area contributed by atoms with Gasteiger partial charge < -0.3 is 29.0 Å². The van der Waals surface area contributed by atoms with E-state index in [1.165, 1.54) is 0 Å². The fraction of sp³-hybridized carbons (Fsp3) is 0.447. The third-order valence-electron chi connectivity index (χ3n) is 10.6. The third-order valence-corrected chi connectivity index (χ3v) is 12.1. The number of imidazole rings is 1. The van der Waals surface area contributed by atoms with Crippen LogP contribution in [0.4, 0.5) is 5.69 Å². The van der Waals surface area contributed by atoms with Crippen LogP contribution in [0.2, 0.25) is 0 Å². The molecule has 7 rings (SSSR count). The van der Waals surface area contributed by atoms with Gasteiger partial charge in [0.2, 0.25) is 11.3 Å². The van der Waals surface area contributed by atoms with E-state index in [0.29, 0.717) is 54.7 Å². The fourth-order valence-electron chi connectivity index (χ4n) is 8.47. The number of nitrogens with zero attached hydrogens (tertiary/aromatic N) is 3. The molecule has 0 fully saturated rings. The number of nitrogens with one attached hydrogen (secondary N) is 2. The predicted molar refractivity (Wildman–Crippen MR) is 203 cm³/mol. The molecule has 0 aliphatic carbocycles. The lowest BCUT2D eigenvalue weighted by atomic mass is 9.83. The molecule has 0 spiro atoms. The SMILES string of the molecule is CCC1=CC(C)(C)[N+]2=c3c1cc1c(c3CCC2)Oc2c(cc3c(c2S(=O)(=O)[O-])NC(C)(C)C=C3CS(=O)(=O)[O-])C=1c1nccn1CCCCNC(=O)CON. The Hall–Kier alpha value is -4.39. The topological polar surface area (TPSA) is 221 Å². The Morgan fingerprint density at radius 2 is 1.84 bits per heavy atom. The van der Waals surface area contributed by atoms with E-state index in [9.17, 15) is 30.7 Å². The van der Waals surface area contributed by atoms with Crippen molar-refractivity contribution in [1.82, 2.24) is 19.4 Å². The summed E-state index contributed by atoms with van der Waals surface area (Å²) in [5, 5.41) is 7.52. The monoisotopic (exact) mass is 793 g/mol. The molecular weight excluding hydrogens is 749 g/mol. The first-order chi connectivity index (χ1) is 25.8. The van der Waals surface area contributed by atoms with Crippen molar-refractivity contribution in [1.29, 1.82) is 0 Å². The molecule has 5 heterocycles. The largest absolute Gasteiger partial charge is 0.748 e. The summed E-state index contributed by atoms with van der Waals surface area (Å²) < 4.78 is 88.2. The number of fused-ring (bicyclic) bond motifs is 4. The van der Waals surface area contributed by atoms with E-state index in [4.69, 9.17) is 15.6 Å². The van der Waals surface area contributed by atoms with Crippen molar-refractivity contribution in [3.05, 3.63) is 75.3 Å². The number of amides is 1. The van der Waals surface area contributed by atoms with Crippen molar-refractivity contribution in [3.8, 4) is 11.5 Å². The minimum absolute atomic E-state index is 0.0617. The fourth-order valence-corrected chi connectivity index (χ4v) is 9.88. The number of unbranched alkanes of at least 4 members (excludes halogenated alkanes) is 1. The maximum Gasteiger partial charge on any atom is 0.248 e. The van der Waals surface area contributed by atoms with Crippen LogP contribution in [0.25, 0.3) is 16.7 Å². The summed E-state index contributed by atoms with van der Waals surface area (Å²) >= 11 is 0. The zero-order chi connectivity index (χ0) is 39.7. The molecule has 4 aliphatic heterocycles. The quantitative estimate of drug-likeness (QED) is 0.0813. The molecule has 4 aliphatic rings. The average Bonchev–Trinajstić information content (AvgIpc) is 3.54. The van der Waals surface area contributed by atoms with Crippen molar-refractivity contribution in [2.75, 3.05) is 30.8 Å². The second-order valence-electron chi connectivity index (χ2n) is 15.5. The second-order valence-corrected chi connectivity index (χ2v) is 18.2. The Kier molecular flexibility index (Phi) is 9.87. The molecule has 1 amide bonds. The van der Waals surface area contributed by atoms with E-state index in [0.717, 1.165) is 41.4 Å². The molecule has 0 saturated carbocycles. The molecule has 0 radical (unpaired) electrons.